The van der Waals surface area contributed by atoms with E-state index in [1.807, 2.05) is 0 Å². The molecule has 0 bridgehead atoms. The number of terminal acetylenes is 1. The lowest BCUT2D eigenvalue weighted by Crippen LogP contribution is -2.23. The fourth-order valence-electron chi connectivity index (χ4n) is 0.822. The molecule has 0 aliphatic rings. The van der Waals surface area contributed by atoms with Gasteiger partial charge in [-0.25, -0.2) is 4.79 Å². The van der Waals surface area contributed by atoms with Gasteiger partial charge in [-0.3, -0.25) is 4.57 Å². The lowest BCUT2D eigenvalue weighted by molar-refractivity contribution is 0.754. The first-order valence-electron chi connectivity index (χ1n) is 3.42. The summed E-state index contributed by atoms with van der Waals surface area (Å²) in [6.07, 6.45) is 6.65. The van der Waals surface area contributed by atoms with Crippen molar-refractivity contribution in [2.75, 3.05) is 5.73 Å². The van der Waals surface area contributed by atoms with Crippen LogP contribution in [0.3, 0.4) is 0 Å². The van der Waals surface area contributed by atoms with E-state index in [0.717, 1.165) is 5.56 Å². The largest absolute Gasteiger partial charge is 0.383 e. The maximum absolute atomic E-state index is 11.1. The van der Waals surface area contributed by atoms with Crippen LogP contribution in [0.1, 0.15) is 5.56 Å². The van der Waals surface area contributed by atoms with E-state index in [9.17, 15) is 4.79 Å². The lowest BCUT2D eigenvalue weighted by Gasteiger charge is -2.02. The van der Waals surface area contributed by atoms with Gasteiger partial charge in [0.15, 0.2) is 0 Å². The van der Waals surface area contributed by atoms with Crippen molar-refractivity contribution in [1.29, 1.82) is 0 Å². The van der Waals surface area contributed by atoms with Crippen LogP contribution in [0.4, 0.5) is 5.82 Å². The topological polar surface area (TPSA) is 60.9 Å². The number of rotatable bonds is 1. The maximum Gasteiger partial charge on any atom is 0.350 e. The Morgan fingerprint density at radius 2 is 2.50 bits per heavy atom. The third kappa shape index (κ3) is 1.45. The number of hydrogen-bond acceptors (Lipinski definition) is 3. The van der Waals surface area contributed by atoms with Crippen LogP contribution in [0.25, 0.3) is 0 Å². The Bertz CT molecular complexity index is 386. The molecule has 0 aliphatic carbocycles. The van der Waals surface area contributed by atoms with Gasteiger partial charge in [0.05, 0.1) is 6.54 Å². The summed E-state index contributed by atoms with van der Waals surface area (Å²) in [5.41, 5.74) is 5.76. The van der Waals surface area contributed by atoms with E-state index in [4.69, 9.17) is 12.2 Å². The van der Waals surface area contributed by atoms with Gasteiger partial charge in [-0.1, -0.05) is 5.92 Å². The zero-order valence-corrected chi connectivity index (χ0v) is 6.74. The molecule has 0 amide bonds. The third-order valence-corrected chi connectivity index (χ3v) is 1.48. The highest BCUT2D eigenvalue weighted by Gasteiger charge is 1.99. The van der Waals surface area contributed by atoms with Crippen LogP contribution in [0.15, 0.2) is 11.0 Å². The predicted molar refractivity (Wildman–Crippen MR) is 46.5 cm³/mol. The quantitative estimate of drug-likeness (QED) is 0.581. The van der Waals surface area contributed by atoms with Gasteiger partial charge in [0.25, 0.3) is 0 Å². The van der Waals surface area contributed by atoms with E-state index < -0.39 is 5.69 Å². The van der Waals surface area contributed by atoms with E-state index in [2.05, 4.69) is 10.9 Å². The average molecular weight is 163 g/mol. The van der Waals surface area contributed by atoms with E-state index >= 15 is 0 Å². The maximum atomic E-state index is 11.1. The van der Waals surface area contributed by atoms with Gasteiger partial charge in [-0.2, -0.15) is 4.98 Å². The number of nitrogens with zero attached hydrogens (tertiary/aromatic N) is 2. The molecule has 0 radical (unpaired) electrons. The van der Waals surface area contributed by atoms with Gasteiger partial charge >= 0.3 is 5.69 Å². The highest BCUT2D eigenvalue weighted by atomic mass is 16.1. The molecule has 4 heteroatoms. The molecule has 0 aromatic carbocycles. The summed E-state index contributed by atoms with van der Waals surface area (Å²) in [6.45, 7) is 2.00. The molecule has 0 unspecified atom stereocenters. The van der Waals surface area contributed by atoms with Crippen molar-refractivity contribution in [1.82, 2.24) is 9.55 Å². The Morgan fingerprint density at radius 1 is 1.83 bits per heavy atom. The van der Waals surface area contributed by atoms with Gasteiger partial charge in [-0.05, 0) is 6.92 Å². The number of aryl methyl sites for hydroxylation is 1. The van der Waals surface area contributed by atoms with Crippen molar-refractivity contribution >= 4 is 5.82 Å². The summed E-state index contributed by atoms with van der Waals surface area (Å²) in [6, 6.07) is 0. The van der Waals surface area contributed by atoms with Crippen LogP contribution < -0.4 is 11.4 Å². The van der Waals surface area contributed by atoms with Crippen LogP contribution in [0.2, 0.25) is 0 Å². The number of anilines is 1. The molecular formula is C8H9N3O. The minimum Gasteiger partial charge on any atom is -0.383 e. The fraction of sp³-hybridized carbons (Fsp3) is 0.250. The van der Waals surface area contributed by atoms with Gasteiger partial charge in [0.1, 0.15) is 5.82 Å². The first-order valence-corrected chi connectivity index (χ1v) is 3.42. The van der Waals surface area contributed by atoms with Crippen LogP contribution in [-0.2, 0) is 6.54 Å². The van der Waals surface area contributed by atoms with Crippen LogP contribution in [0.5, 0.6) is 0 Å². The van der Waals surface area contributed by atoms with Crippen molar-refractivity contribution in [2.24, 2.45) is 0 Å². The van der Waals surface area contributed by atoms with Crippen LogP contribution in [-0.4, -0.2) is 9.55 Å². The summed E-state index contributed by atoms with van der Waals surface area (Å²) in [5.74, 6) is 2.61. The van der Waals surface area contributed by atoms with E-state index in [-0.39, 0.29) is 12.4 Å². The molecule has 0 saturated carbocycles. The third-order valence-electron chi connectivity index (χ3n) is 1.48. The highest BCUT2D eigenvalue weighted by molar-refractivity contribution is 5.35. The molecular weight excluding hydrogens is 154 g/mol. The number of nitrogens with two attached hydrogens (primary N) is 1. The Labute approximate surface area is 70.0 Å². The Hall–Kier alpha value is -1.76. The van der Waals surface area contributed by atoms with Crippen LogP contribution in [0, 0.1) is 19.3 Å². The summed E-state index contributed by atoms with van der Waals surface area (Å²) >= 11 is 0. The average Bonchev–Trinajstić information content (AvgIpc) is 2.01. The first kappa shape index (κ1) is 8.34. The predicted octanol–water partition coefficient (Wildman–Crippen LogP) is -0.233. The molecule has 1 aromatic heterocycles. The molecule has 0 spiro atoms. The van der Waals surface area contributed by atoms with Crippen LogP contribution >= 0.6 is 0 Å². The Balaban J connectivity index is 3.26. The molecule has 2 N–H and O–H groups in total. The lowest BCUT2D eigenvalue weighted by atomic mass is 10.3. The molecule has 1 aromatic rings. The smallest absolute Gasteiger partial charge is 0.350 e. The minimum absolute atomic E-state index is 0.229. The summed E-state index contributed by atoms with van der Waals surface area (Å²) in [4.78, 5) is 14.6. The van der Waals surface area contributed by atoms with Crippen molar-refractivity contribution in [3.63, 3.8) is 0 Å². The van der Waals surface area contributed by atoms with Gasteiger partial charge in [-0.15, -0.1) is 6.42 Å². The first-order chi connectivity index (χ1) is 5.65. The normalized spacial score (nSPS) is 9.33. The SMILES string of the molecule is C#CCn1cc(C)c(N)nc1=O. The van der Waals surface area contributed by atoms with E-state index in [1.54, 1.807) is 13.1 Å². The molecule has 0 saturated heterocycles. The summed E-state index contributed by atoms with van der Waals surface area (Å²) in [5, 5.41) is 0. The number of nitrogen functional groups attached to an aromatic ring is 1. The number of aromatic nitrogens is 2. The summed E-state index contributed by atoms with van der Waals surface area (Å²) < 4.78 is 1.34. The Kier molecular flexibility index (Phi) is 2.15. The second kappa shape index (κ2) is 3.09. The van der Waals surface area contributed by atoms with Gasteiger partial charge in [0.2, 0.25) is 0 Å². The molecule has 0 atom stereocenters. The zero-order chi connectivity index (χ0) is 9.14. The monoisotopic (exact) mass is 163 g/mol. The Morgan fingerprint density at radius 3 is 3.08 bits per heavy atom. The van der Waals surface area contributed by atoms with Crippen molar-refractivity contribution < 1.29 is 0 Å². The van der Waals surface area contributed by atoms with E-state index in [0.29, 0.717) is 0 Å². The summed E-state index contributed by atoms with van der Waals surface area (Å²) in [7, 11) is 0. The zero-order valence-electron chi connectivity index (χ0n) is 6.74. The molecule has 1 rings (SSSR count). The highest BCUT2D eigenvalue weighted by Crippen LogP contribution is 2.00. The molecule has 12 heavy (non-hydrogen) atoms. The number of hydrogen-bond donors (Lipinski definition) is 1. The molecule has 62 valence electrons. The molecule has 0 aliphatic heterocycles. The minimum atomic E-state index is -0.406. The van der Waals surface area contributed by atoms with Crippen molar-refractivity contribution in [2.45, 2.75) is 13.5 Å². The molecule has 4 nitrogen and oxygen atoms in total. The van der Waals surface area contributed by atoms with E-state index in [1.165, 1.54) is 4.57 Å². The van der Waals surface area contributed by atoms with Gasteiger partial charge in [0, 0.05) is 11.8 Å². The van der Waals surface area contributed by atoms with Gasteiger partial charge < -0.3 is 5.73 Å². The van der Waals surface area contributed by atoms with Crippen molar-refractivity contribution in [3.05, 3.63) is 22.2 Å². The van der Waals surface area contributed by atoms with Crippen molar-refractivity contribution in [3.8, 4) is 12.3 Å². The second-order valence-electron chi connectivity index (χ2n) is 2.42. The molecule has 0 fully saturated rings. The second-order valence-corrected chi connectivity index (χ2v) is 2.42. The fourth-order valence-corrected chi connectivity index (χ4v) is 0.822. The molecule has 1 heterocycles. The standard InChI is InChI=1S/C8H9N3O/c1-3-4-11-5-6(2)7(9)10-8(11)12/h1,5H,4H2,2H3,(H2,9,10,12).